The monoisotopic (exact) mass is 326 g/mol. The first-order valence-corrected chi connectivity index (χ1v) is 8.03. The fourth-order valence-corrected chi connectivity index (χ4v) is 3.90. The number of piperazine rings is 1. The van der Waals surface area contributed by atoms with Crippen LogP contribution >= 0.6 is 22.9 Å². The predicted molar refractivity (Wildman–Crippen MR) is 83.7 cm³/mol. The van der Waals surface area contributed by atoms with E-state index >= 15 is 0 Å². The molecular weight excluding hydrogens is 311 g/mol. The summed E-state index contributed by atoms with van der Waals surface area (Å²) in [4.78, 5) is 3.26. The normalized spacial score (nSPS) is 17.8. The standard InChI is InChI=1S/C15H16ClFN2OS/c16-14-4-3-13(21-14)15(19-7-5-18-6-8-19)11-2-1-10(20)9-12(11)17/h1-4,9,15,18,20H,5-8H2/t15-/m0/s1. The SMILES string of the molecule is Oc1ccc([C@@H](c2ccc(Cl)s2)N2CCNCC2)c(F)c1. The number of hydrogen-bond acceptors (Lipinski definition) is 4. The molecule has 3 rings (SSSR count). The van der Waals surface area contributed by atoms with E-state index in [1.54, 1.807) is 6.07 Å². The van der Waals surface area contributed by atoms with Crippen molar-refractivity contribution in [2.75, 3.05) is 26.2 Å². The van der Waals surface area contributed by atoms with Gasteiger partial charge in [-0.05, 0) is 18.2 Å². The molecule has 2 heterocycles. The molecule has 112 valence electrons. The number of halogens is 2. The quantitative estimate of drug-likeness (QED) is 0.909. The van der Waals surface area contributed by atoms with E-state index in [2.05, 4.69) is 10.2 Å². The Balaban J connectivity index is 2.02. The van der Waals surface area contributed by atoms with Gasteiger partial charge in [0.2, 0.25) is 0 Å². The minimum absolute atomic E-state index is 0.0560. The van der Waals surface area contributed by atoms with Crippen LogP contribution < -0.4 is 5.32 Å². The molecule has 0 spiro atoms. The number of aromatic hydroxyl groups is 1. The molecule has 0 unspecified atom stereocenters. The zero-order chi connectivity index (χ0) is 14.8. The summed E-state index contributed by atoms with van der Waals surface area (Å²) in [6.45, 7) is 3.46. The molecule has 21 heavy (non-hydrogen) atoms. The minimum atomic E-state index is -0.386. The van der Waals surface area contributed by atoms with Gasteiger partial charge in [-0.1, -0.05) is 17.7 Å². The molecule has 0 radical (unpaired) electrons. The summed E-state index contributed by atoms with van der Waals surface area (Å²) in [5, 5.41) is 12.7. The van der Waals surface area contributed by atoms with Crippen LogP contribution in [0.4, 0.5) is 4.39 Å². The summed E-state index contributed by atoms with van der Waals surface area (Å²) in [6, 6.07) is 7.99. The second kappa shape index (κ2) is 6.32. The van der Waals surface area contributed by atoms with Gasteiger partial charge in [0.15, 0.2) is 0 Å². The van der Waals surface area contributed by atoms with E-state index in [1.807, 2.05) is 12.1 Å². The third-order valence-corrected chi connectivity index (χ3v) is 4.94. The molecule has 2 aromatic rings. The van der Waals surface area contributed by atoms with Crippen molar-refractivity contribution >= 4 is 22.9 Å². The van der Waals surface area contributed by atoms with E-state index in [4.69, 9.17) is 11.6 Å². The highest BCUT2D eigenvalue weighted by Crippen LogP contribution is 2.37. The number of benzene rings is 1. The molecule has 1 fully saturated rings. The lowest BCUT2D eigenvalue weighted by molar-refractivity contribution is 0.197. The lowest BCUT2D eigenvalue weighted by atomic mass is 10.0. The van der Waals surface area contributed by atoms with Crippen LogP contribution in [0.5, 0.6) is 5.75 Å². The molecular formula is C15H16ClFN2OS. The highest BCUT2D eigenvalue weighted by molar-refractivity contribution is 7.16. The Morgan fingerprint density at radius 2 is 2.00 bits per heavy atom. The summed E-state index contributed by atoms with van der Waals surface area (Å²) in [6.07, 6.45) is 0. The van der Waals surface area contributed by atoms with Crippen molar-refractivity contribution in [1.29, 1.82) is 0 Å². The molecule has 1 atom stereocenters. The molecule has 1 aromatic carbocycles. The number of nitrogens with zero attached hydrogens (tertiary/aromatic N) is 1. The van der Waals surface area contributed by atoms with Gasteiger partial charge in [-0.25, -0.2) is 4.39 Å². The molecule has 0 bridgehead atoms. The second-order valence-corrected chi connectivity index (χ2v) is 6.78. The summed E-state index contributed by atoms with van der Waals surface area (Å²) in [7, 11) is 0. The van der Waals surface area contributed by atoms with Gasteiger partial charge < -0.3 is 10.4 Å². The highest BCUT2D eigenvalue weighted by atomic mass is 35.5. The molecule has 0 aliphatic carbocycles. The van der Waals surface area contributed by atoms with E-state index < -0.39 is 0 Å². The smallest absolute Gasteiger partial charge is 0.132 e. The van der Waals surface area contributed by atoms with Crippen LogP contribution in [0.25, 0.3) is 0 Å². The first kappa shape index (κ1) is 14.8. The maximum Gasteiger partial charge on any atom is 0.132 e. The van der Waals surface area contributed by atoms with E-state index in [0.29, 0.717) is 9.90 Å². The van der Waals surface area contributed by atoms with Gasteiger partial charge in [0.05, 0.1) is 10.4 Å². The number of rotatable bonds is 3. The van der Waals surface area contributed by atoms with Crippen LogP contribution in [-0.2, 0) is 0 Å². The van der Waals surface area contributed by atoms with Crippen molar-refractivity contribution in [2.45, 2.75) is 6.04 Å². The van der Waals surface area contributed by atoms with Gasteiger partial charge in [0.1, 0.15) is 11.6 Å². The van der Waals surface area contributed by atoms with Crippen LogP contribution in [0.2, 0.25) is 4.34 Å². The first-order valence-electron chi connectivity index (χ1n) is 6.83. The number of hydrogen-bond donors (Lipinski definition) is 2. The van der Waals surface area contributed by atoms with Gasteiger partial charge in [0, 0.05) is 42.7 Å². The summed E-state index contributed by atoms with van der Waals surface area (Å²) < 4.78 is 15.0. The Kier molecular flexibility index (Phi) is 4.45. The Morgan fingerprint density at radius 3 is 2.62 bits per heavy atom. The number of phenols is 1. The summed E-state index contributed by atoms with van der Waals surface area (Å²) >= 11 is 7.52. The van der Waals surface area contributed by atoms with Crippen molar-refractivity contribution in [3.05, 3.63) is 50.9 Å². The fraction of sp³-hybridized carbons (Fsp3) is 0.333. The van der Waals surface area contributed by atoms with Crippen molar-refractivity contribution < 1.29 is 9.50 Å². The number of nitrogens with one attached hydrogen (secondary N) is 1. The summed E-state index contributed by atoms with van der Waals surface area (Å²) in [5.74, 6) is -0.442. The van der Waals surface area contributed by atoms with Crippen LogP contribution in [0.1, 0.15) is 16.5 Å². The van der Waals surface area contributed by atoms with E-state index in [1.165, 1.54) is 23.5 Å². The Labute approximate surface area is 132 Å². The fourth-order valence-electron chi connectivity index (χ4n) is 2.68. The predicted octanol–water partition coefficient (Wildman–Crippen LogP) is 3.24. The molecule has 1 aromatic heterocycles. The molecule has 0 amide bonds. The molecule has 1 aliphatic rings. The van der Waals surface area contributed by atoms with Crippen molar-refractivity contribution in [3.8, 4) is 5.75 Å². The van der Waals surface area contributed by atoms with Crippen molar-refractivity contribution in [2.24, 2.45) is 0 Å². The van der Waals surface area contributed by atoms with Crippen LogP contribution in [0.3, 0.4) is 0 Å². The van der Waals surface area contributed by atoms with Gasteiger partial charge in [0.25, 0.3) is 0 Å². The summed E-state index contributed by atoms with van der Waals surface area (Å²) in [5.41, 5.74) is 0.577. The van der Waals surface area contributed by atoms with E-state index in [9.17, 15) is 9.50 Å². The maximum absolute atomic E-state index is 14.3. The first-order chi connectivity index (χ1) is 10.1. The van der Waals surface area contributed by atoms with Crippen LogP contribution in [0, 0.1) is 5.82 Å². The molecule has 1 saturated heterocycles. The lowest BCUT2D eigenvalue weighted by Gasteiger charge is -2.34. The minimum Gasteiger partial charge on any atom is -0.508 e. The lowest BCUT2D eigenvalue weighted by Crippen LogP contribution is -2.45. The van der Waals surface area contributed by atoms with Crippen LogP contribution in [-0.4, -0.2) is 36.2 Å². The molecule has 3 nitrogen and oxygen atoms in total. The van der Waals surface area contributed by atoms with Crippen LogP contribution in [0.15, 0.2) is 30.3 Å². The van der Waals surface area contributed by atoms with Crippen molar-refractivity contribution in [3.63, 3.8) is 0 Å². The Morgan fingerprint density at radius 1 is 1.24 bits per heavy atom. The Hall–Kier alpha value is -1.14. The molecule has 0 saturated carbocycles. The second-order valence-electron chi connectivity index (χ2n) is 5.04. The highest BCUT2D eigenvalue weighted by Gasteiger charge is 2.27. The van der Waals surface area contributed by atoms with E-state index in [0.717, 1.165) is 31.1 Å². The number of phenolic OH excluding ortho intramolecular Hbond substituents is 1. The van der Waals surface area contributed by atoms with Gasteiger partial charge >= 0.3 is 0 Å². The maximum atomic E-state index is 14.3. The van der Waals surface area contributed by atoms with Crippen molar-refractivity contribution in [1.82, 2.24) is 10.2 Å². The third-order valence-electron chi connectivity index (χ3n) is 3.66. The Bertz CT molecular complexity index is 628. The van der Waals surface area contributed by atoms with Gasteiger partial charge in [-0.2, -0.15) is 0 Å². The zero-order valence-electron chi connectivity index (χ0n) is 11.4. The average Bonchev–Trinajstić information content (AvgIpc) is 2.89. The average molecular weight is 327 g/mol. The third kappa shape index (κ3) is 3.21. The molecule has 2 N–H and O–H groups in total. The molecule has 1 aliphatic heterocycles. The van der Waals surface area contributed by atoms with Gasteiger partial charge in [-0.15, -0.1) is 11.3 Å². The van der Waals surface area contributed by atoms with E-state index in [-0.39, 0.29) is 17.6 Å². The molecule has 6 heteroatoms. The zero-order valence-corrected chi connectivity index (χ0v) is 12.9. The van der Waals surface area contributed by atoms with Gasteiger partial charge in [-0.3, -0.25) is 4.90 Å². The number of thiophene rings is 1. The topological polar surface area (TPSA) is 35.5 Å². The largest absolute Gasteiger partial charge is 0.508 e.